The van der Waals surface area contributed by atoms with Gasteiger partial charge in [0.05, 0.1) is 13.2 Å². The van der Waals surface area contributed by atoms with E-state index in [2.05, 4.69) is 32.2 Å². The normalized spacial score (nSPS) is 10.6. The molecule has 0 saturated heterocycles. The minimum absolute atomic E-state index is 0.520. The van der Waals surface area contributed by atoms with Crippen molar-refractivity contribution < 1.29 is 9.47 Å². The molecule has 0 radical (unpaired) electrons. The number of ether oxygens (including phenoxy) is 2. The molecule has 0 unspecified atom stereocenters. The molecular weight excluding hydrogens is 286 g/mol. The summed E-state index contributed by atoms with van der Waals surface area (Å²) in [4.78, 5) is 0. The molecule has 2 aromatic rings. The Morgan fingerprint density at radius 3 is 2.39 bits per heavy atom. The SMILES string of the molecule is CCCOc1ccc(NCc2ccccc2OCC(C)C)cc1. The Bertz CT molecular complexity index is 578. The van der Waals surface area contributed by atoms with Gasteiger partial charge < -0.3 is 14.8 Å². The first kappa shape index (κ1) is 17.2. The Hall–Kier alpha value is -2.16. The van der Waals surface area contributed by atoms with Gasteiger partial charge in [0.25, 0.3) is 0 Å². The minimum Gasteiger partial charge on any atom is -0.494 e. The van der Waals surface area contributed by atoms with Crippen LogP contribution in [0.1, 0.15) is 32.8 Å². The third kappa shape index (κ3) is 5.85. The van der Waals surface area contributed by atoms with Crippen LogP contribution >= 0.6 is 0 Å². The van der Waals surface area contributed by atoms with Crippen LogP contribution in [0.4, 0.5) is 5.69 Å². The van der Waals surface area contributed by atoms with Crippen molar-refractivity contribution in [2.75, 3.05) is 18.5 Å². The molecular formula is C20H27NO2. The van der Waals surface area contributed by atoms with Gasteiger partial charge in [0.2, 0.25) is 0 Å². The number of hydrogen-bond donors (Lipinski definition) is 1. The van der Waals surface area contributed by atoms with E-state index < -0.39 is 0 Å². The molecule has 3 nitrogen and oxygen atoms in total. The van der Waals surface area contributed by atoms with E-state index in [1.54, 1.807) is 0 Å². The highest BCUT2D eigenvalue weighted by atomic mass is 16.5. The molecule has 0 aliphatic heterocycles. The highest BCUT2D eigenvalue weighted by Crippen LogP contribution is 2.21. The summed E-state index contributed by atoms with van der Waals surface area (Å²) in [6.07, 6.45) is 1.02. The van der Waals surface area contributed by atoms with Crippen LogP contribution in [0, 0.1) is 5.92 Å². The first-order valence-electron chi connectivity index (χ1n) is 8.36. The van der Waals surface area contributed by atoms with Crippen molar-refractivity contribution >= 4 is 5.69 Å². The summed E-state index contributed by atoms with van der Waals surface area (Å²) in [6, 6.07) is 16.3. The summed E-state index contributed by atoms with van der Waals surface area (Å²) >= 11 is 0. The maximum Gasteiger partial charge on any atom is 0.124 e. The largest absolute Gasteiger partial charge is 0.494 e. The summed E-state index contributed by atoms with van der Waals surface area (Å²) in [6.45, 7) is 8.65. The fourth-order valence-corrected chi connectivity index (χ4v) is 2.13. The minimum atomic E-state index is 0.520. The number of anilines is 1. The van der Waals surface area contributed by atoms with Crippen LogP contribution in [0.5, 0.6) is 11.5 Å². The van der Waals surface area contributed by atoms with Crippen LogP contribution < -0.4 is 14.8 Å². The van der Waals surface area contributed by atoms with E-state index in [4.69, 9.17) is 9.47 Å². The molecule has 0 heterocycles. The van der Waals surface area contributed by atoms with Crippen LogP contribution in [-0.2, 0) is 6.54 Å². The van der Waals surface area contributed by atoms with Crippen molar-refractivity contribution in [2.45, 2.75) is 33.7 Å². The lowest BCUT2D eigenvalue weighted by Gasteiger charge is -2.14. The third-order valence-electron chi connectivity index (χ3n) is 3.35. The van der Waals surface area contributed by atoms with Gasteiger partial charge in [0.15, 0.2) is 0 Å². The second-order valence-electron chi connectivity index (χ2n) is 6.04. The lowest BCUT2D eigenvalue weighted by molar-refractivity contribution is 0.269. The van der Waals surface area contributed by atoms with Crippen molar-refractivity contribution in [3.63, 3.8) is 0 Å². The summed E-state index contributed by atoms with van der Waals surface area (Å²) in [5.41, 5.74) is 2.24. The van der Waals surface area contributed by atoms with Crippen LogP contribution in [0.25, 0.3) is 0 Å². The quantitative estimate of drug-likeness (QED) is 0.697. The molecule has 0 aliphatic carbocycles. The molecule has 0 bridgehead atoms. The molecule has 0 amide bonds. The molecule has 0 aliphatic rings. The van der Waals surface area contributed by atoms with Gasteiger partial charge in [0.1, 0.15) is 11.5 Å². The molecule has 2 rings (SSSR count). The summed E-state index contributed by atoms with van der Waals surface area (Å²) < 4.78 is 11.5. The molecule has 124 valence electrons. The van der Waals surface area contributed by atoms with Crippen LogP contribution in [0.3, 0.4) is 0 Å². The van der Waals surface area contributed by atoms with E-state index in [0.29, 0.717) is 5.92 Å². The van der Waals surface area contributed by atoms with Crippen molar-refractivity contribution in [1.82, 2.24) is 0 Å². The van der Waals surface area contributed by atoms with Gasteiger partial charge in [-0.15, -0.1) is 0 Å². The van der Waals surface area contributed by atoms with Gasteiger partial charge in [-0.05, 0) is 42.7 Å². The molecule has 3 heteroatoms. The topological polar surface area (TPSA) is 30.5 Å². The van der Waals surface area contributed by atoms with Crippen molar-refractivity contribution in [3.05, 3.63) is 54.1 Å². The van der Waals surface area contributed by atoms with Crippen LogP contribution in [0.15, 0.2) is 48.5 Å². The number of nitrogens with one attached hydrogen (secondary N) is 1. The molecule has 0 saturated carbocycles. The van der Waals surface area contributed by atoms with Crippen molar-refractivity contribution in [2.24, 2.45) is 5.92 Å². The first-order chi connectivity index (χ1) is 11.2. The number of hydrogen-bond acceptors (Lipinski definition) is 3. The molecule has 0 aromatic heterocycles. The predicted molar refractivity (Wildman–Crippen MR) is 96.3 cm³/mol. The van der Waals surface area contributed by atoms with Gasteiger partial charge in [-0.2, -0.15) is 0 Å². The number of benzene rings is 2. The average molecular weight is 313 g/mol. The maximum absolute atomic E-state index is 5.89. The molecule has 2 aromatic carbocycles. The highest BCUT2D eigenvalue weighted by molar-refractivity contribution is 5.47. The van der Waals surface area contributed by atoms with E-state index in [0.717, 1.165) is 43.4 Å². The van der Waals surface area contributed by atoms with E-state index in [1.807, 2.05) is 42.5 Å². The smallest absolute Gasteiger partial charge is 0.124 e. The zero-order valence-corrected chi connectivity index (χ0v) is 14.3. The van der Waals surface area contributed by atoms with E-state index in [1.165, 1.54) is 5.56 Å². The van der Waals surface area contributed by atoms with E-state index in [-0.39, 0.29) is 0 Å². The van der Waals surface area contributed by atoms with Crippen molar-refractivity contribution in [3.8, 4) is 11.5 Å². The Kier molecular flexibility index (Phi) is 6.79. The lowest BCUT2D eigenvalue weighted by Crippen LogP contribution is -2.08. The Labute approximate surface area is 139 Å². The molecule has 0 spiro atoms. The van der Waals surface area contributed by atoms with Gasteiger partial charge in [-0.25, -0.2) is 0 Å². The maximum atomic E-state index is 5.89. The zero-order chi connectivity index (χ0) is 16.5. The van der Waals surface area contributed by atoms with Crippen LogP contribution in [-0.4, -0.2) is 13.2 Å². The fraction of sp³-hybridized carbons (Fsp3) is 0.400. The van der Waals surface area contributed by atoms with Gasteiger partial charge in [0, 0.05) is 17.8 Å². The zero-order valence-electron chi connectivity index (χ0n) is 14.3. The van der Waals surface area contributed by atoms with Gasteiger partial charge in [-0.1, -0.05) is 39.0 Å². The molecule has 1 N–H and O–H groups in total. The van der Waals surface area contributed by atoms with E-state index >= 15 is 0 Å². The second kappa shape index (κ2) is 9.09. The summed E-state index contributed by atoms with van der Waals surface area (Å²) in [5.74, 6) is 2.39. The Morgan fingerprint density at radius 2 is 1.70 bits per heavy atom. The van der Waals surface area contributed by atoms with Gasteiger partial charge in [-0.3, -0.25) is 0 Å². The second-order valence-corrected chi connectivity index (χ2v) is 6.04. The molecule has 0 atom stereocenters. The highest BCUT2D eigenvalue weighted by Gasteiger charge is 2.04. The molecule has 23 heavy (non-hydrogen) atoms. The van der Waals surface area contributed by atoms with Crippen LogP contribution in [0.2, 0.25) is 0 Å². The monoisotopic (exact) mass is 313 g/mol. The average Bonchev–Trinajstić information content (AvgIpc) is 2.58. The van der Waals surface area contributed by atoms with Gasteiger partial charge >= 0.3 is 0 Å². The third-order valence-corrected chi connectivity index (χ3v) is 3.35. The number of rotatable bonds is 9. The summed E-state index contributed by atoms with van der Waals surface area (Å²) in [7, 11) is 0. The Morgan fingerprint density at radius 1 is 0.957 bits per heavy atom. The fourth-order valence-electron chi connectivity index (χ4n) is 2.13. The Balaban J connectivity index is 1.92. The predicted octanol–water partition coefficient (Wildman–Crippen LogP) is 5.12. The standard InChI is InChI=1S/C20H27NO2/c1-4-13-22-19-11-9-18(10-12-19)21-14-17-7-5-6-8-20(17)23-15-16(2)3/h5-12,16,21H,4,13-15H2,1-3H3. The number of para-hydroxylation sites is 1. The first-order valence-corrected chi connectivity index (χ1v) is 8.36. The van der Waals surface area contributed by atoms with Crippen molar-refractivity contribution in [1.29, 1.82) is 0 Å². The summed E-state index contributed by atoms with van der Waals surface area (Å²) in [5, 5.41) is 3.44. The molecule has 0 fully saturated rings. The van der Waals surface area contributed by atoms with E-state index in [9.17, 15) is 0 Å². The lowest BCUT2D eigenvalue weighted by atomic mass is 10.2.